The molecule has 86 valence electrons. The predicted octanol–water partition coefficient (Wildman–Crippen LogP) is 2.52. The van der Waals surface area contributed by atoms with Gasteiger partial charge in [0, 0.05) is 10.4 Å². The van der Waals surface area contributed by atoms with Crippen molar-refractivity contribution in [1.82, 2.24) is 0 Å². The molecular formula is C12H13BrO3. The summed E-state index contributed by atoms with van der Waals surface area (Å²) in [5.41, 5.74) is -1.28. The zero-order chi connectivity index (χ0) is 11.8. The molecule has 2 rings (SSSR count). The molecule has 0 aliphatic heterocycles. The monoisotopic (exact) mass is 284 g/mol. The van der Waals surface area contributed by atoms with E-state index >= 15 is 0 Å². The van der Waals surface area contributed by atoms with Gasteiger partial charge in [-0.2, -0.15) is 0 Å². The third kappa shape index (κ3) is 1.76. The van der Waals surface area contributed by atoms with Gasteiger partial charge in [0.05, 0.1) is 0 Å². The Morgan fingerprint density at radius 1 is 1.44 bits per heavy atom. The normalized spacial score (nSPS) is 19.9. The first-order chi connectivity index (χ1) is 7.55. The van der Waals surface area contributed by atoms with E-state index in [0.29, 0.717) is 5.56 Å². The van der Waals surface area contributed by atoms with Crippen LogP contribution in [0.3, 0.4) is 0 Å². The van der Waals surface area contributed by atoms with Crippen molar-refractivity contribution in [2.45, 2.75) is 24.9 Å². The Hall–Kier alpha value is -0.870. The molecule has 0 spiro atoms. The number of benzene rings is 1. The maximum absolute atomic E-state index is 11.3. The van der Waals surface area contributed by atoms with E-state index in [9.17, 15) is 15.0 Å². The molecule has 0 bridgehead atoms. The summed E-state index contributed by atoms with van der Waals surface area (Å²) in [5.74, 6) is -1.32. The number of carbonyl (C=O) groups is 1. The fraction of sp³-hybridized carbons (Fsp3) is 0.417. The number of carboxylic acid groups (broad SMARTS) is 1. The summed E-state index contributed by atoms with van der Waals surface area (Å²) in [6.45, 7) is 0. The van der Waals surface area contributed by atoms with Crippen LogP contribution in [-0.2, 0) is 10.4 Å². The lowest BCUT2D eigenvalue weighted by molar-refractivity contribution is -0.171. The van der Waals surface area contributed by atoms with Crippen LogP contribution in [0.5, 0.6) is 0 Å². The Balaban J connectivity index is 2.42. The van der Waals surface area contributed by atoms with E-state index < -0.39 is 11.6 Å². The Morgan fingerprint density at radius 2 is 2.12 bits per heavy atom. The van der Waals surface area contributed by atoms with Gasteiger partial charge in [-0.1, -0.05) is 34.5 Å². The van der Waals surface area contributed by atoms with Gasteiger partial charge in [0.15, 0.2) is 5.60 Å². The smallest absolute Gasteiger partial charge is 0.340 e. The quantitative estimate of drug-likeness (QED) is 0.897. The maximum Gasteiger partial charge on any atom is 0.340 e. The van der Waals surface area contributed by atoms with E-state index in [0.717, 1.165) is 23.7 Å². The molecular weight excluding hydrogens is 272 g/mol. The summed E-state index contributed by atoms with van der Waals surface area (Å²) >= 11 is 3.29. The average molecular weight is 285 g/mol. The Morgan fingerprint density at radius 3 is 2.56 bits per heavy atom. The third-order valence-corrected chi connectivity index (χ3v) is 3.78. The summed E-state index contributed by atoms with van der Waals surface area (Å²) in [4.78, 5) is 11.3. The van der Waals surface area contributed by atoms with Crippen molar-refractivity contribution in [1.29, 1.82) is 0 Å². The van der Waals surface area contributed by atoms with Crippen molar-refractivity contribution in [2.24, 2.45) is 5.92 Å². The van der Waals surface area contributed by atoms with E-state index in [1.165, 1.54) is 0 Å². The van der Waals surface area contributed by atoms with Gasteiger partial charge >= 0.3 is 5.97 Å². The number of halogens is 1. The Bertz CT molecular complexity index is 414. The molecule has 1 atom stereocenters. The van der Waals surface area contributed by atoms with E-state index in [4.69, 9.17) is 0 Å². The lowest BCUT2D eigenvalue weighted by Crippen LogP contribution is -2.45. The number of rotatable bonds is 3. The second kappa shape index (κ2) is 4.18. The summed E-state index contributed by atoms with van der Waals surface area (Å²) < 4.78 is 0.781. The van der Waals surface area contributed by atoms with Gasteiger partial charge in [-0.15, -0.1) is 0 Å². The molecule has 0 radical (unpaired) electrons. The standard InChI is InChI=1S/C12H13BrO3/c13-10-6-2-5-9(7-10)12(16,11(14)15)8-3-1-4-8/h2,5-8,16H,1,3-4H2,(H,14,15). The van der Waals surface area contributed by atoms with E-state index in [1.807, 2.05) is 6.07 Å². The minimum atomic E-state index is -1.73. The highest BCUT2D eigenvalue weighted by Gasteiger charge is 2.48. The topological polar surface area (TPSA) is 57.5 Å². The van der Waals surface area contributed by atoms with E-state index in [1.54, 1.807) is 18.2 Å². The van der Waals surface area contributed by atoms with E-state index in [2.05, 4.69) is 15.9 Å². The van der Waals surface area contributed by atoms with Crippen molar-refractivity contribution in [3.8, 4) is 0 Å². The van der Waals surface area contributed by atoms with Crippen LogP contribution in [0, 0.1) is 5.92 Å². The number of hydrogen-bond acceptors (Lipinski definition) is 2. The van der Waals surface area contributed by atoms with Gasteiger partial charge in [0.25, 0.3) is 0 Å². The largest absolute Gasteiger partial charge is 0.479 e. The second-order valence-corrected chi connectivity index (χ2v) is 5.13. The molecule has 2 N–H and O–H groups in total. The van der Waals surface area contributed by atoms with Crippen molar-refractivity contribution in [3.05, 3.63) is 34.3 Å². The predicted molar refractivity (Wildman–Crippen MR) is 63.0 cm³/mol. The zero-order valence-electron chi connectivity index (χ0n) is 8.69. The zero-order valence-corrected chi connectivity index (χ0v) is 10.3. The van der Waals surface area contributed by atoms with Gasteiger partial charge < -0.3 is 10.2 Å². The molecule has 1 aliphatic rings. The molecule has 0 heterocycles. The number of hydrogen-bond donors (Lipinski definition) is 2. The number of aliphatic carboxylic acids is 1. The van der Waals surface area contributed by atoms with Crippen LogP contribution in [0.25, 0.3) is 0 Å². The highest BCUT2D eigenvalue weighted by atomic mass is 79.9. The van der Waals surface area contributed by atoms with Gasteiger partial charge in [-0.05, 0) is 30.5 Å². The first-order valence-electron chi connectivity index (χ1n) is 5.27. The van der Waals surface area contributed by atoms with Crippen LogP contribution in [0.1, 0.15) is 24.8 Å². The van der Waals surface area contributed by atoms with Gasteiger partial charge in [-0.3, -0.25) is 0 Å². The first kappa shape index (κ1) is 11.6. The minimum Gasteiger partial charge on any atom is -0.479 e. The van der Waals surface area contributed by atoms with Crippen molar-refractivity contribution < 1.29 is 15.0 Å². The average Bonchev–Trinajstić information content (AvgIpc) is 2.14. The Kier molecular flexibility index (Phi) is 3.04. The van der Waals surface area contributed by atoms with Crippen LogP contribution in [-0.4, -0.2) is 16.2 Å². The summed E-state index contributed by atoms with van der Waals surface area (Å²) in [6.07, 6.45) is 2.54. The van der Waals surface area contributed by atoms with Crippen molar-refractivity contribution in [2.75, 3.05) is 0 Å². The summed E-state index contributed by atoms with van der Waals surface area (Å²) in [6, 6.07) is 6.89. The second-order valence-electron chi connectivity index (χ2n) is 4.21. The fourth-order valence-corrected chi connectivity index (χ4v) is 2.48. The highest BCUT2D eigenvalue weighted by molar-refractivity contribution is 9.10. The van der Waals surface area contributed by atoms with Crippen LogP contribution >= 0.6 is 15.9 Å². The first-order valence-corrected chi connectivity index (χ1v) is 6.06. The molecule has 1 fully saturated rings. The maximum atomic E-state index is 11.3. The van der Waals surface area contributed by atoms with Crippen molar-refractivity contribution in [3.63, 3.8) is 0 Å². The number of aliphatic hydroxyl groups is 1. The lowest BCUT2D eigenvalue weighted by atomic mass is 9.70. The lowest BCUT2D eigenvalue weighted by Gasteiger charge is -2.38. The molecule has 1 aromatic rings. The molecule has 3 nitrogen and oxygen atoms in total. The fourth-order valence-electron chi connectivity index (χ4n) is 2.09. The molecule has 0 amide bonds. The molecule has 1 saturated carbocycles. The molecule has 0 saturated heterocycles. The van der Waals surface area contributed by atoms with Crippen LogP contribution < -0.4 is 0 Å². The van der Waals surface area contributed by atoms with Crippen LogP contribution in [0.2, 0.25) is 0 Å². The van der Waals surface area contributed by atoms with Gasteiger partial charge in [0.2, 0.25) is 0 Å². The van der Waals surface area contributed by atoms with Gasteiger partial charge in [0.1, 0.15) is 0 Å². The number of carboxylic acids is 1. The molecule has 1 aromatic carbocycles. The minimum absolute atomic E-state index is 0.167. The summed E-state index contributed by atoms with van der Waals surface area (Å²) in [5, 5.41) is 19.6. The molecule has 16 heavy (non-hydrogen) atoms. The van der Waals surface area contributed by atoms with Crippen molar-refractivity contribution >= 4 is 21.9 Å². The molecule has 4 heteroatoms. The molecule has 1 unspecified atom stereocenters. The van der Waals surface area contributed by atoms with Crippen LogP contribution in [0.15, 0.2) is 28.7 Å². The van der Waals surface area contributed by atoms with Gasteiger partial charge in [-0.25, -0.2) is 4.79 Å². The highest BCUT2D eigenvalue weighted by Crippen LogP contribution is 2.43. The third-order valence-electron chi connectivity index (χ3n) is 3.29. The van der Waals surface area contributed by atoms with E-state index in [-0.39, 0.29) is 5.92 Å². The van der Waals surface area contributed by atoms with Crippen LogP contribution in [0.4, 0.5) is 0 Å². The summed E-state index contributed by atoms with van der Waals surface area (Å²) in [7, 11) is 0. The molecule has 1 aliphatic carbocycles. The Labute approximate surface area is 102 Å². The molecule has 0 aromatic heterocycles. The SMILES string of the molecule is O=C(O)C(O)(c1cccc(Br)c1)C1CCC1.